The average molecular weight is 293 g/mol. The van der Waals surface area contributed by atoms with Gasteiger partial charge in [0.25, 0.3) is 0 Å². The van der Waals surface area contributed by atoms with Crippen LogP contribution < -0.4 is 10.2 Å². The van der Waals surface area contributed by atoms with E-state index < -0.39 is 0 Å². The molecule has 3 rings (SSSR count). The summed E-state index contributed by atoms with van der Waals surface area (Å²) in [6.45, 7) is 10.3. The molecule has 0 radical (unpaired) electrons. The van der Waals surface area contributed by atoms with Gasteiger partial charge in [0.1, 0.15) is 0 Å². The molecule has 2 heterocycles. The Labute approximate surface area is 126 Å². The molecule has 0 bridgehead atoms. The van der Waals surface area contributed by atoms with E-state index in [-0.39, 0.29) is 0 Å². The number of hydrogen-bond donors (Lipinski definition) is 1. The minimum atomic E-state index is 0.447. The van der Waals surface area contributed by atoms with E-state index in [1.54, 1.807) is 0 Å². The summed E-state index contributed by atoms with van der Waals surface area (Å²) >= 11 is 1.92. The molecule has 112 valence electrons. The summed E-state index contributed by atoms with van der Waals surface area (Å²) in [6, 6.07) is 0.778. The summed E-state index contributed by atoms with van der Waals surface area (Å²) in [4.78, 5) is 8.91. The number of anilines is 1. The quantitative estimate of drug-likeness (QED) is 0.869. The van der Waals surface area contributed by atoms with Crippen molar-refractivity contribution in [3.8, 4) is 0 Å². The van der Waals surface area contributed by atoms with E-state index >= 15 is 0 Å². The van der Waals surface area contributed by atoms with Crippen molar-refractivity contribution in [2.24, 2.45) is 5.41 Å². The van der Waals surface area contributed by atoms with Crippen molar-refractivity contribution in [1.29, 1.82) is 0 Å². The van der Waals surface area contributed by atoms with Crippen molar-refractivity contribution >= 4 is 16.5 Å². The number of nitrogens with one attached hydrogen (secondary N) is 1. The molecule has 0 aromatic carbocycles. The van der Waals surface area contributed by atoms with Crippen LogP contribution >= 0.6 is 11.3 Å². The molecule has 1 N–H and O–H groups in total. The van der Waals surface area contributed by atoms with Crippen LogP contribution in [-0.4, -0.2) is 24.1 Å². The second-order valence-corrected chi connectivity index (χ2v) is 8.17. The highest BCUT2D eigenvalue weighted by Gasteiger charge is 2.31. The molecule has 1 saturated heterocycles. The fourth-order valence-corrected chi connectivity index (χ4v) is 3.96. The third-order valence-corrected chi connectivity index (χ3v) is 5.49. The van der Waals surface area contributed by atoms with Crippen LogP contribution in [0.25, 0.3) is 0 Å². The SMILES string of the molecule is CCCc1nc(N2CCC(C)(C)C2)sc1CNC1CC1. The molecule has 0 spiro atoms. The van der Waals surface area contributed by atoms with Gasteiger partial charge < -0.3 is 10.2 Å². The summed E-state index contributed by atoms with van der Waals surface area (Å²) in [5.74, 6) is 0. The van der Waals surface area contributed by atoms with Crippen LogP contribution in [0.4, 0.5) is 5.13 Å². The van der Waals surface area contributed by atoms with E-state index in [4.69, 9.17) is 4.98 Å². The molecular weight excluding hydrogens is 266 g/mol. The lowest BCUT2D eigenvalue weighted by molar-refractivity contribution is 0.418. The third kappa shape index (κ3) is 3.34. The van der Waals surface area contributed by atoms with Gasteiger partial charge in [-0.2, -0.15) is 0 Å². The summed E-state index contributed by atoms with van der Waals surface area (Å²) < 4.78 is 0. The van der Waals surface area contributed by atoms with E-state index in [2.05, 4.69) is 31.0 Å². The van der Waals surface area contributed by atoms with Crippen LogP contribution in [0.3, 0.4) is 0 Å². The third-order valence-electron chi connectivity index (χ3n) is 4.33. The van der Waals surface area contributed by atoms with Crippen molar-refractivity contribution < 1.29 is 0 Å². The van der Waals surface area contributed by atoms with Gasteiger partial charge in [-0.05, 0) is 31.1 Å². The number of aromatic nitrogens is 1. The molecule has 0 unspecified atom stereocenters. The summed E-state index contributed by atoms with van der Waals surface area (Å²) in [5, 5.41) is 4.90. The highest BCUT2D eigenvalue weighted by atomic mass is 32.1. The molecule has 1 aliphatic carbocycles. The Morgan fingerprint density at radius 3 is 2.80 bits per heavy atom. The Bertz CT molecular complexity index is 462. The zero-order valence-corrected chi connectivity index (χ0v) is 13.9. The fraction of sp³-hybridized carbons (Fsp3) is 0.812. The number of rotatable bonds is 6. The number of nitrogens with zero attached hydrogens (tertiary/aromatic N) is 2. The van der Waals surface area contributed by atoms with Gasteiger partial charge in [0, 0.05) is 30.6 Å². The average Bonchev–Trinajstić information content (AvgIpc) is 3.04. The molecule has 1 saturated carbocycles. The lowest BCUT2D eigenvalue weighted by Gasteiger charge is -2.18. The van der Waals surface area contributed by atoms with Gasteiger partial charge in [0.15, 0.2) is 5.13 Å². The lowest BCUT2D eigenvalue weighted by atomic mass is 9.93. The fourth-order valence-electron chi connectivity index (χ4n) is 2.88. The molecule has 1 aromatic rings. The zero-order chi connectivity index (χ0) is 14.2. The minimum Gasteiger partial charge on any atom is -0.348 e. The molecule has 3 nitrogen and oxygen atoms in total. The Hall–Kier alpha value is -0.610. The molecule has 2 aliphatic rings. The minimum absolute atomic E-state index is 0.447. The van der Waals surface area contributed by atoms with E-state index in [0.29, 0.717) is 5.41 Å². The Balaban J connectivity index is 1.72. The Morgan fingerprint density at radius 1 is 1.40 bits per heavy atom. The van der Waals surface area contributed by atoms with Crippen molar-refractivity contribution in [2.75, 3.05) is 18.0 Å². The van der Waals surface area contributed by atoms with Gasteiger partial charge in [-0.1, -0.05) is 27.2 Å². The van der Waals surface area contributed by atoms with Crippen LogP contribution in [0.15, 0.2) is 0 Å². The lowest BCUT2D eigenvalue weighted by Crippen LogP contribution is -2.22. The van der Waals surface area contributed by atoms with E-state index in [1.165, 1.54) is 47.9 Å². The maximum absolute atomic E-state index is 4.95. The molecule has 0 amide bonds. The van der Waals surface area contributed by atoms with Crippen LogP contribution in [0.5, 0.6) is 0 Å². The van der Waals surface area contributed by atoms with Gasteiger partial charge in [0.2, 0.25) is 0 Å². The van der Waals surface area contributed by atoms with Gasteiger partial charge in [-0.25, -0.2) is 4.98 Å². The predicted octanol–water partition coefficient (Wildman–Crippen LogP) is 3.58. The molecule has 0 atom stereocenters. The van der Waals surface area contributed by atoms with Crippen molar-refractivity contribution in [2.45, 2.75) is 65.5 Å². The van der Waals surface area contributed by atoms with Crippen molar-refractivity contribution in [3.05, 3.63) is 10.6 Å². The first kappa shape index (κ1) is 14.3. The van der Waals surface area contributed by atoms with Gasteiger partial charge in [-0.15, -0.1) is 11.3 Å². The van der Waals surface area contributed by atoms with Crippen LogP contribution in [0, 0.1) is 5.41 Å². The standard InChI is InChI=1S/C16H27N3S/c1-4-5-13-14(10-17-12-6-7-12)20-15(18-13)19-9-8-16(2,3)11-19/h12,17H,4-11H2,1-3H3. The van der Waals surface area contributed by atoms with Crippen LogP contribution in [-0.2, 0) is 13.0 Å². The first-order valence-electron chi connectivity index (χ1n) is 8.04. The smallest absolute Gasteiger partial charge is 0.185 e. The van der Waals surface area contributed by atoms with E-state index in [1.807, 2.05) is 11.3 Å². The number of hydrogen-bond acceptors (Lipinski definition) is 4. The molecular formula is C16H27N3S. The monoisotopic (exact) mass is 293 g/mol. The molecule has 1 aliphatic heterocycles. The largest absolute Gasteiger partial charge is 0.348 e. The maximum Gasteiger partial charge on any atom is 0.185 e. The normalized spacial score (nSPS) is 21.6. The molecule has 2 fully saturated rings. The van der Waals surface area contributed by atoms with Gasteiger partial charge in [-0.3, -0.25) is 0 Å². The van der Waals surface area contributed by atoms with Crippen molar-refractivity contribution in [3.63, 3.8) is 0 Å². The van der Waals surface area contributed by atoms with Crippen molar-refractivity contribution in [1.82, 2.24) is 10.3 Å². The number of thiazole rings is 1. The second-order valence-electron chi connectivity index (χ2n) is 7.11. The van der Waals surface area contributed by atoms with Gasteiger partial charge >= 0.3 is 0 Å². The topological polar surface area (TPSA) is 28.2 Å². The predicted molar refractivity (Wildman–Crippen MR) is 86.6 cm³/mol. The maximum atomic E-state index is 4.95. The molecule has 20 heavy (non-hydrogen) atoms. The Morgan fingerprint density at radius 2 is 2.20 bits per heavy atom. The summed E-state index contributed by atoms with van der Waals surface area (Å²) in [7, 11) is 0. The van der Waals surface area contributed by atoms with Crippen LogP contribution in [0.2, 0.25) is 0 Å². The summed E-state index contributed by atoms with van der Waals surface area (Å²) in [6.07, 6.45) is 6.30. The van der Waals surface area contributed by atoms with Crippen LogP contribution in [0.1, 0.15) is 57.0 Å². The highest BCUT2D eigenvalue weighted by Crippen LogP contribution is 2.36. The molecule has 1 aromatic heterocycles. The zero-order valence-electron chi connectivity index (χ0n) is 13.0. The summed E-state index contributed by atoms with van der Waals surface area (Å²) in [5.41, 5.74) is 1.79. The Kier molecular flexibility index (Phi) is 4.04. The van der Waals surface area contributed by atoms with Gasteiger partial charge in [0.05, 0.1) is 5.69 Å². The first-order chi connectivity index (χ1) is 9.57. The molecule has 4 heteroatoms. The first-order valence-corrected chi connectivity index (χ1v) is 8.86. The second kappa shape index (κ2) is 5.64. The number of aryl methyl sites for hydroxylation is 1. The van der Waals surface area contributed by atoms with E-state index in [9.17, 15) is 0 Å². The van der Waals surface area contributed by atoms with E-state index in [0.717, 1.165) is 25.6 Å². The highest BCUT2D eigenvalue weighted by molar-refractivity contribution is 7.15.